The molecular weight excluding hydrogens is 310 g/mol. The largest absolute Gasteiger partial charge is 0.463 e. The average molecular weight is 327 g/mol. The maximum atomic E-state index is 12.0. The van der Waals surface area contributed by atoms with Crippen LogP contribution in [0.15, 0.2) is 51.6 Å². The summed E-state index contributed by atoms with van der Waals surface area (Å²) < 4.78 is 11.2. The second-order valence-corrected chi connectivity index (χ2v) is 6.17. The van der Waals surface area contributed by atoms with Gasteiger partial charge in [-0.25, -0.2) is 4.98 Å². The minimum Gasteiger partial charge on any atom is -0.463 e. The second kappa shape index (κ2) is 6.79. The zero-order chi connectivity index (χ0) is 16.2. The number of carbonyl (C=O) groups excluding carboxylic acids is 1. The van der Waals surface area contributed by atoms with Crippen molar-refractivity contribution in [1.29, 1.82) is 0 Å². The molecule has 5 heteroatoms. The summed E-state index contributed by atoms with van der Waals surface area (Å²) in [6.45, 7) is 3.66. The highest BCUT2D eigenvalue weighted by Crippen LogP contribution is 2.31. The number of nitrogens with zero attached hydrogens (tertiary/aromatic N) is 1. The summed E-state index contributed by atoms with van der Waals surface area (Å²) in [7, 11) is 0. The van der Waals surface area contributed by atoms with Crippen molar-refractivity contribution in [3.63, 3.8) is 0 Å². The van der Waals surface area contributed by atoms with Crippen molar-refractivity contribution < 1.29 is 13.9 Å². The van der Waals surface area contributed by atoms with Gasteiger partial charge in [-0.2, -0.15) is 11.3 Å². The van der Waals surface area contributed by atoms with E-state index < -0.39 is 0 Å². The first kappa shape index (κ1) is 15.5. The lowest BCUT2D eigenvalue weighted by Gasteiger charge is -2.06. The third-order valence-corrected chi connectivity index (χ3v) is 3.86. The van der Waals surface area contributed by atoms with Crippen LogP contribution in [0, 0.1) is 0 Å². The highest BCUT2D eigenvalue weighted by Gasteiger charge is 2.20. The van der Waals surface area contributed by atoms with Crippen molar-refractivity contribution >= 4 is 17.3 Å². The van der Waals surface area contributed by atoms with Gasteiger partial charge in [0.05, 0.1) is 18.2 Å². The van der Waals surface area contributed by atoms with E-state index in [2.05, 4.69) is 4.98 Å². The Morgan fingerprint density at radius 1 is 1.22 bits per heavy atom. The zero-order valence-electron chi connectivity index (χ0n) is 13.0. The standard InChI is InChI=1S/C18H17NO3S/c1-12(2)21-16(20)10-15-17(14-8-9-23-11-14)22-18(19-15)13-6-4-3-5-7-13/h3-9,11-12H,10H2,1-2H3. The summed E-state index contributed by atoms with van der Waals surface area (Å²) in [6.07, 6.45) is -0.0488. The van der Waals surface area contributed by atoms with Gasteiger partial charge in [-0.1, -0.05) is 18.2 Å². The number of hydrogen-bond acceptors (Lipinski definition) is 5. The third kappa shape index (κ3) is 3.68. The van der Waals surface area contributed by atoms with E-state index >= 15 is 0 Å². The van der Waals surface area contributed by atoms with Crippen molar-refractivity contribution in [3.8, 4) is 22.8 Å². The van der Waals surface area contributed by atoms with Gasteiger partial charge in [0.1, 0.15) is 0 Å². The molecule has 0 N–H and O–H groups in total. The number of ether oxygens (including phenoxy) is 1. The van der Waals surface area contributed by atoms with E-state index in [1.807, 2.05) is 61.0 Å². The van der Waals surface area contributed by atoms with Crippen LogP contribution in [0.5, 0.6) is 0 Å². The van der Waals surface area contributed by atoms with Gasteiger partial charge in [-0.05, 0) is 37.4 Å². The number of rotatable bonds is 5. The minimum atomic E-state index is -0.301. The first-order valence-corrected chi connectivity index (χ1v) is 8.35. The number of benzene rings is 1. The summed E-state index contributed by atoms with van der Waals surface area (Å²) in [5, 5.41) is 3.95. The average Bonchev–Trinajstić information content (AvgIpc) is 3.16. The third-order valence-electron chi connectivity index (χ3n) is 3.18. The Morgan fingerprint density at radius 2 is 2.00 bits per heavy atom. The Kier molecular flexibility index (Phi) is 4.57. The number of esters is 1. The summed E-state index contributed by atoms with van der Waals surface area (Å²) in [5.74, 6) is 0.842. The smallest absolute Gasteiger partial charge is 0.312 e. The molecule has 0 bridgehead atoms. The molecular formula is C18H17NO3S. The van der Waals surface area contributed by atoms with Gasteiger partial charge in [0, 0.05) is 16.5 Å². The van der Waals surface area contributed by atoms with Gasteiger partial charge in [-0.15, -0.1) is 0 Å². The first-order valence-electron chi connectivity index (χ1n) is 7.40. The van der Waals surface area contributed by atoms with Crippen LogP contribution in [0.2, 0.25) is 0 Å². The van der Waals surface area contributed by atoms with Crippen molar-refractivity contribution in [1.82, 2.24) is 4.98 Å². The fourth-order valence-electron chi connectivity index (χ4n) is 2.24. The summed E-state index contributed by atoms with van der Waals surface area (Å²) in [5.41, 5.74) is 2.41. The number of oxazole rings is 1. The van der Waals surface area contributed by atoms with Gasteiger partial charge >= 0.3 is 5.97 Å². The predicted molar refractivity (Wildman–Crippen MR) is 90.2 cm³/mol. The lowest BCUT2D eigenvalue weighted by molar-refractivity contribution is -0.146. The van der Waals surface area contributed by atoms with Crippen molar-refractivity contribution in [3.05, 3.63) is 52.9 Å². The molecule has 0 aliphatic heterocycles. The molecule has 0 unspecified atom stereocenters. The molecule has 3 rings (SSSR count). The van der Waals surface area contributed by atoms with Gasteiger partial charge in [0.25, 0.3) is 0 Å². The molecule has 0 saturated carbocycles. The zero-order valence-corrected chi connectivity index (χ0v) is 13.8. The van der Waals surface area contributed by atoms with E-state index in [4.69, 9.17) is 9.15 Å². The lowest BCUT2D eigenvalue weighted by Crippen LogP contribution is -2.14. The van der Waals surface area contributed by atoms with E-state index in [9.17, 15) is 4.79 Å². The Labute approximate surface area is 138 Å². The quantitative estimate of drug-likeness (QED) is 0.644. The van der Waals surface area contributed by atoms with Crippen LogP contribution in [-0.2, 0) is 16.0 Å². The van der Waals surface area contributed by atoms with Gasteiger partial charge < -0.3 is 9.15 Å². The minimum absolute atomic E-state index is 0.0969. The maximum Gasteiger partial charge on any atom is 0.312 e. The predicted octanol–water partition coefficient (Wildman–Crippen LogP) is 4.56. The highest BCUT2D eigenvalue weighted by atomic mass is 32.1. The maximum absolute atomic E-state index is 12.0. The normalized spacial score (nSPS) is 10.9. The van der Waals surface area contributed by atoms with Crippen LogP contribution in [0.1, 0.15) is 19.5 Å². The highest BCUT2D eigenvalue weighted by molar-refractivity contribution is 7.08. The van der Waals surface area contributed by atoms with E-state index in [1.54, 1.807) is 11.3 Å². The Hall–Kier alpha value is -2.40. The van der Waals surface area contributed by atoms with E-state index in [0.717, 1.165) is 11.1 Å². The summed E-state index contributed by atoms with van der Waals surface area (Å²) in [4.78, 5) is 16.5. The SMILES string of the molecule is CC(C)OC(=O)Cc1nc(-c2ccccc2)oc1-c1ccsc1. The molecule has 0 amide bonds. The molecule has 1 aromatic carbocycles. The molecule has 118 valence electrons. The van der Waals surface area contributed by atoms with Crippen molar-refractivity contribution in [2.75, 3.05) is 0 Å². The van der Waals surface area contributed by atoms with Crippen LogP contribution in [0.3, 0.4) is 0 Å². The molecule has 4 nitrogen and oxygen atoms in total. The second-order valence-electron chi connectivity index (χ2n) is 5.39. The number of carbonyl (C=O) groups is 1. The molecule has 0 atom stereocenters. The molecule has 2 heterocycles. The topological polar surface area (TPSA) is 52.3 Å². The first-order chi connectivity index (χ1) is 11.1. The van der Waals surface area contributed by atoms with Crippen LogP contribution in [0.4, 0.5) is 0 Å². The fourth-order valence-corrected chi connectivity index (χ4v) is 2.87. The molecule has 0 radical (unpaired) electrons. The van der Waals surface area contributed by atoms with Gasteiger partial charge in [0.2, 0.25) is 5.89 Å². The molecule has 0 spiro atoms. The van der Waals surface area contributed by atoms with E-state index in [1.165, 1.54) is 0 Å². The summed E-state index contributed by atoms with van der Waals surface area (Å²) in [6, 6.07) is 11.6. The molecule has 0 saturated heterocycles. The molecule has 23 heavy (non-hydrogen) atoms. The van der Waals surface area contributed by atoms with Crippen molar-refractivity contribution in [2.24, 2.45) is 0 Å². The van der Waals surface area contributed by atoms with Crippen molar-refractivity contribution in [2.45, 2.75) is 26.4 Å². The Balaban J connectivity index is 1.96. The van der Waals surface area contributed by atoms with Crippen LogP contribution in [0.25, 0.3) is 22.8 Å². The monoisotopic (exact) mass is 327 g/mol. The van der Waals surface area contributed by atoms with Crippen LogP contribution >= 0.6 is 11.3 Å². The molecule has 3 aromatic rings. The molecule has 0 fully saturated rings. The Bertz CT molecular complexity index is 776. The molecule has 0 aliphatic rings. The lowest BCUT2D eigenvalue weighted by atomic mass is 10.2. The van der Waals surface area contributed by atoms with Crippen LogP contribution in [-0.4, -0.2) is 17.1 Å². The molecule has 0 aliphatic carbocycles. The van der Waals surface area contributed by atoms with Gasteiger partial charge in [0.15, 0.2) is 5.76 Å². The fraction of sp³-hybridized carbons (Fsp3) is 0.222. The van der Waals surface area contributed by atoms with Crippen LogP contribution < -0.4 is 0 Å². The Morgan fingerprint density at radius 3 is 2.65 bits per heavy atom. The van der Waals surface area contributed by atoms with Gasteiger partial charge in [-0.3, -0.25) is 4.79 Å². The number of aromatic nitrogens is 1. The number of thiophene rings is 1. The number of hydrogen-bond donors (Lipinski definition) is 0. The summed E-state index contributed by atoms with van der Waals surface area (Å²) >= 11 is 1.57. The van der Waals surface area contributed by atoms with E-state index in [0.29, 0.717) is 17.3 Å². The molecule has 2 aromatic heterocycles. The van der Waals surface area contributed by atoms with E-state index in [-0.39, 0.29) is 18.5 Å².